The van der Waals surface area contributed by atoms with Crippen molar-refractivity contribution in [3.63, 3.8) is 0 Å². The molecule has 4 nitrogen and oxygen atoms in total. The van der Waals surface area contributed by atoms with Gasteiger partial charge in [-0.15, -0.1) is 0 Å². The number of primary amides is 1. The lowest BCUT2D eigenvalue weighted by Crippen LogP contribution is -2.37. The van der Waals surface area contributed by atoms with Crippen molar-refractivity contribution in [3.8, 4) is 0 Å². The van der Waals surface area contributed by atoms with Crippen LogP contribution < -0.4 is 5.73 Å². The number of benzene rings is 1. The average Bonchev–Trinajstić information content (AvgIpc) is 2.37. The molecule has 0 aliphatic heterocycles. The Morgan fingerprint density at radius 2 is 1.80 bits per heavy atom. The highest BCUT2D eigenvalue weighted by molar-refractivity contribution is 5.83. The van der Waals surface area contributed by atoms with E-state index in [0.717, 1.165) is 12.8 Å². The molecular formula is C16H23NO3. The molecule has 0 heterocycles. The molecule has 0 radical (unpaired) electrons. The first-order valence-electron chi connectivity index (χ1n) is 6.99. The Kier molecular flexibility index (Phi) is 6.22. The fourth-order valence-corrected chi connectivity index (χ4v) is 2.59. The SMILES string of the molecule is CC(C)[C@H](C(=O)O)C(CCCc1ccccc1)C(N)=O. The van der Waals surface area contributed by atoms with Gasteiger partial charge in [0.05, 0.1) is 11.8 Å². The number of carbonyl (C=O) groups excluding carboxylic acids is 1. The maximum Gasteiger partial charge on any atom is 0.307 e. The van der Waals surface area contributed by atoms with Crippen molar-refractivity contribution in [2.24, 2.45) is 23.5 Å². The van der Waals surface area contributed by atoms with Gasteiger partial charge in [-0.2, -0.15) is 0 Å². The highest BCUT2D eigenvalue weighted by Crippen LogP contribution is 2.26. The number of carboxylic acid groups (broad SMARTS) is 1. The Bertz CT molecular complexity index is 442. The van der Waals surface area contributed by atoms with Crippen molar-refractivity contribution in [3.05, 3.63) is 35.9 Å². The van der Waals surface area contributed by atoms with Crippen LogP contribution in [0.3, 0.4) is 0 Å². The molecule has 3 N–H and O–H groups in total. The Balaban J connectivity index is 2.63. The van der Waals surface area contributed by atoms with Crippen molar-refractivity contribution in [1.82, 2.24) is 0 Å². The number of carboxylic acids is 1. The van der Waals surface area contributed by atoms with E-state index in [1.807, 2.05) is 44.2 Å². The van der Waals surface area contributed by atoms with Crippen molar-refractivity contribution in [2.75, 3.05) is 0 Å². The van der Waals surface area contributed by atoms with Crippen LogP contribution in [0.25, 0.3) is 0 Å². The molecule has 20 heavy (non-hydrogen) atoms. The van der Waals surface area contributed by atoms with E-state index in [0.29, 0.717) is 6.42 Å². The van der Waals surface area contributed by atoms with Crippen molar-refractivity contribution in [2.45, 2.75) is 33.1 Å². The van der Waals surface area contributed by atoms with E-state index in [9.17, 15) is 14.7 Å². The zero-order valence-electron chi connectivity index (χ0n) is 12.1. The van der Waals surface area contributed by atoms with Gasteiger partial charge in [0, 0.05) is 0 Å². The second kappa shape index (κ2) is 7.68. The van der Waals surface area contributed by atoms with Gasteiger partial charge in [-0.3, -0.25) is 9.59 Å². The van der Waals surface area contributed by atoms with Crippen LogP contribution in [-0.4, -0.2) is 17.0 Å². The van der Waals surface area contributed by atoms with Crippen LogP contribution in [0, 0.1) is 17.8 Å². The Morgan fingerprint density at radius 1 is 1.20 bits per heavy atom. The monoisotopic (exact) mass is 277 g/mol. The number of hydrogen-bond donors (Lipinski definition) is 2. The first-order valence-corrected chi connectivity index (χ1v) is 6.99. The molecule has 0 fully saturated rings. The van der Waals surface area contributed by atoms with Gasteiger partial charge in [-0.05, 0) is 30.7 Å². The molecule has 0 bridgehead atoms. The van der Waals surface area contributed by atoms with Gasteiger partial charge in [0.25, 0.3) is 0 Å². The van der Waals surface area contributed by atoms with Crippen LogP contribution in [0.5, 0.6) is 0 Å². The highest BCUT2D eigenvalue weighted by Gasteiger charge is 2.34. The number of carbonyl (C=O) groups is 2. The Labute approximate surface area is 120 Å². The predicted octanol–water partition coefficient (Wildman–Crippen LogP) is 2.47. The zero-order valence-corrected chi connectivity index (χ0v) is 12.1. The summed E-state index contributed by atoms with van der Waals surface area (Å²) < 4.78 is 0. The van der Waals surface area contributed by atoms with Gasteiger partial charge in [0.15, 0.2) is 0 Å². The van der Waals surface area contributed by atoms with E-state index in [-0.39, 0.29) is 5.92 Å². The summed E-state index contributed by atoms with van der Waals surface area (Å²) in [5.41, 5.74) is 6.58. The molecule has 0 saturated heterocycles. The number of rotatable bonds is 8. The second-order valence-electron chi connectivity index (χ2n) is 5.49. The second-order valence-corrected chi connectivity index (χ2v) is 5.49. The molecule has 4 heteroatoms. The molecule has 0 spiro atoms. The summed E-state index contributed by atoms with van der Waals surface area (Å²) in [4.78, 5) is 22.9. The lowest BCUT2D eigenvalue weighted by Gasteiger charge is -2.24. The molecule has 2 atom stereocenters. The Morgan fingerprint density at radius 3 is 2.25 bits per heavy atom. The number of aliphatic carboxylic acids is 1. The molecule has 1 rings (SSSR count). The smallest absolute Gasteiger partial charge is 0.307 e. The third kappa shape index (κ3) is 4.68. The normalized spacial score (nSPS) is 13.9. The first kappa shape index (κ1) is 16.2. The summed E-state index contributed by atoms with van der Waals surface area (Å²) >= 11 is 0. The molecule has 0 aromatic heterocycles. The topological polar surface area (TPSA) is 80.4 Å². The van der Waals surface area contributed by atoms with Gasteiger partial charge >= 0.3 is 5.97 Å². The van der Waals surface area contributed by atoms with Crippen molar-refractivity contribution >= 4 is 11.9 Å². The number of aryl methyl sites for hydroxylation is 1. The minimum absolute atomic E-state index is 0.110. The van der Waals surface area contributed by atoms with Gasteiger partial charge < -0.3 is 10.8 Å². The minimum atomic E-state index is -0.941. The van der Waals surface area contributed by atoms with Gasteiger partial charge in [0.2, 0.25) is 5.91 Å². The molecule has 1 unspecified atom stereocenters. The quantitative estimate of drug-likeness (QED) is 0.766. The van der Waals surface area contributed by atoms with Crippen molar-refractivity contribution in [1.29, 1.82) is 0 Å². The highest BCUT2D eigenvalue weighted by atomic mass is 16.4. The van der Waals surface area contributed by atoms with Crippen LogP contribution in [0.1, 0.15) is 32.3 Å². The summed E-state index contributed by atoms with van der Waals surface area (Å²) in [7, 11) is 0. The maximum absolute atomic E-state index is 11.6. The van der Waals surface area contributed by atoms with E-state index in [1.165, 1.54) is 5.56 Å². The molecule has 0 aliphatic rings. The van der Waals surface area contributed by atoms with Gasteiger partial charge in [-0.1, -0.05) is 44.2 Å². The lowest BCUT2D eigenvalue weighted by atomic mass is 9.80. The van der Waals surface area contributed by atoms with E-state index in [4.69, 9.17) is 5.73 Å². The maximum atomic E-state index is 11.6. The van der Waals surface area contributed by atoms with E-state index in [1.54, 1.807) is 0 Å². The van der Waals surface area contributed by atoms with E-state index in [2.05, 4.69) is 0 Å². The molecule has 0 saturated carbocycles. The first-order chi connectivity index (χ1) is 9.43. The third-order valence-electron chi connectivity index (χ3n) is 3.63. The van der Waals surface area contributed by atoms with Crippen LogP contribution in [0.2, 0.25) is 0 Å². The van der Waals surface area contributed by atoms with Crippen LogP contribution in [0.15, 0.2) is 30.3 Å². The van der Waals surface area contributed by atoms with E-state index < -0.39 is 23.7 Å². The average molecular weight is 277 g/mol. The molecule has 1 aromatic carbocycles. The standard InChI is InChI=1S/C16H23NO3/c1-11(2)14(16(19)20)13(15(17)18)10-6-9-12-7-4-3-5-8-12/h3-5,7-8,11,13-14H,6,9-10H2,1-2H3,(H2,17,18)(H,19,20)/t13?,14-/m0/s1. The van der Waals surface area contributed by atoms with Gasteiger partial charge in [0.1, 0.15) is 0 Å². The molecular weight excluding hydrogens is 254 g/mol. The molecule has 1 amide bonds. The van der Waals surface area contributed by atoms with Crippen LogP contribution in [-0.2, 0) is 16.0 Å². The summed E-state index contributed by atoms with van der Waals surface area (Å²) in [5, 5.41) is 9.27. The predicted molar refractivity (Wildman–Crippen MR) is 78.0 cm³/mol. The van der Waals surface area contributed by atoms with E-state index >= 15 is 0 Å². The Hall–Kier alpha value is -1.84. The molecule has 0 aliphatic carbocycles. The number of hydrogen-bond acceptors (Lipinski definition) is 2. The molecule has 110 valence electrons. The number of amides is 1. The summed E-state index contributed by atoms with van der Waals surface area (Å²) in [5.74, 6) is -2.87. The van der Waals surface area contributed by atoms with Crippen LogP contribution in [0.4, 0.5) is 0 Å². The minimum Gasteiger partial charge on any atom is -0.481 e. The van der Waals surface area contributed by atoms with Crippen molar-refractivity contribution < 1.29 is 14.7 Å². The zero-order chi connectivity index (χ0) is 15.1. The summed E-state index contributed by atoms with van der Waals surface area (Å²) in [6.07, 6.45) is 2.10. The fraction of sp³-hybridized carbons (Fsp3) is 0.500. The van der Waals surface area contributed by atoms with Gasteiger partial charge in [-0.25, -0.2) is 0 Å². The lowest BCUT2D eigenvalue weighted by molar-refractivity contribution is -0.148. The third-order valence-corrected chi connectivity index (χ3v) is 3.63. The van der Waals surface area contributed by atoms with Crippen LogP contribution >= 0.6 is 0 Å². The number of nitrogens with two attached hydrogens (primary N) is 1. The summed E-state index contributed by atoms with van der Waals surface area (Å²) in [6, 6.07) is 9.94. The largest absolute Gasteiger partial charge is 0.481 e. The summed E-state index contributed by atoms with van der Waals surface area (Å²) in [6.45, 7) is 3.62. The molecule has 1 aromatic rings. The fourth-order valence-electron chi connectivity index (χ4n) is 2.59.